The number of hydrogen-bond donors (Lipinski definition) is 0. The summed E-state index contributed by atoms with van der Waals surface area (Å²) in [5, 5.41) is 4.64. The number of nitrogens with zero attached hydrogens (tertiary/aromatic N) is 4. The third-order valence-corrected chi connectivity index (χ3v) is 5.27. The Labute approximate surface area is 150 Å². The van der Waals surface area contributed by atoms with Gasteiger partial charge in [-0.25, -0.2) is 0 Å². The maximum atomic E-state index is 12.1. The lowest BCUT2D eigenvalue weighted by Crippen LogP contribution is -2.49. The lowest BCUT2D eigenvalue weighted by Gasteiger charge is -2.41. The minimum atomic E-state index is 0.120. The molecule has 1 saturated heterocycles. The van der Waals surface area contributed by atoms with E-state index in [1.54, 1.807) is 6.92 Å². The Bertz CT molecular complexity index is 738. The monoisotopic (exact) mass is 340 g/mol. The largest absolute Gasteiger partial charge is 0.333 e. The van der Waals surface area contributed by atoms with Crippen LogP contribution in [0.25, 0.3) is 0 Å². The summed E-state index contributed by atoms with van der Waals surface area (Å²) in [6.07, 6.45) is 0. The van der Waals surface area contributed by atoms with Crippen molar-refractivity contribution >= 4 is 5.91 Å². The molecule has 0 N–H and O–H groups in total. The molecule has 5 nitrogen and oxygen atoms in total. The van der Waals surface area contributed by atoms with E-state index in [-0.39, 0.29) is 11.9 Å². The highest BCUT2D eigenvalue weighted by atomic mass is 16.2. The standard InChI is InChI=1S/C20H28N4O/c1-5-24-16(3)19(15(2)21-24)13-22-11-12-23(17(4)25)20(14-22)18-9-7-6-8-10-18/h6-10,20H,5,11-14H2,1-4H3/t20-/m1/s1. The first kappa shape index (κ1) is 17.7. The van der Waals surface area contributed by atoms with Crippen LogP contribution in [0.5, 0.6) is 0 Å². The highest BCUT2D eigenvalue weighted by Gasteiger charge is 2.30. The van der Waals surface area contributed by atoms with Crippen molar-refractivity contribution in [3.05, 3.63) is 52.8 Å². The normalized spacial score (nSPS) is 18.6. The predicted molar refractivity (Wildman–Crippen MR) is 99.2 cm³/mol. The molecular formula is C20H28N4O. The number of rotatable bonds is 4. The zero-order valence-electron chi connectivity index (χ0n) is 15.7. The Morgan fingerprint density at radius 2 is 1.92 bits per heavy atom. The first-order valence-corrected chi connectivity index (χ1v) is 9.08. The number of aromatic nitrogens is 2. The van der Waals surface area contributed by atoms with Crippen LogP contribution < -0.4 is 0 Å². The number of benzene rings is 1. The van der Waals surface area contributed by atoms with Crippen molar-refractivity contribution in [1.82, 2.24) is 19.6 Å². The second-order valence-electron chi connectivity index (χ2n) is 6.84. The van der Waals surface area contributed by atoms with Crippen molar-refractivity contribution in [2.45, 2.75) is 46.8 Å². The molecule has 1 fully saturated rings. The second-order valence-corrected chi connectivity index (χ2v) is 6.84. The number of carbonyl (C=O) groups excluding carboxylic acids is 1. The molecule has 2 heterocycles. The number of aryl methyl sites for hydroxylation is 2. The molecule has 0 bridgehead atoms. The van der Waals surface area contributed by atoms with Crippen LogP contribution in [0.4, 0.5) is 0 Å². The van der Waals surface area contributed by atoms with Crippen molar-refractivity contribution in [3.63, 3.8) is 0 Å². The van der Waals surface area contributed by atoms with E-state index in [9.17, 15) is 4.79 Å². The minimum absolute atomic E-state index is 0.120. The molecule has 1 amide bonds. The van der Waals surface area contributed by atoms with Crippen LogP contribution in [0.2, 0.25) is 0 Å². The number of amides is 1. The third kappa shape index (κ3) is 3.61. The molecule has 0 spiro atoms. The van der Waals surface area contributed by atoms with Crippen LogP contribution in [0, 0.1) is 13.8 Å². The van der Waals surface area contributed by atoms with Crippen LogP contribution in [0.1, 0.15) is 42.4 Å². The molecular weight excluding hydrogens is 312 g/mol. The fourth-order valence-electron chi connectivity index (χ4n) is 3.81. The van der Waals surface area contributed by atoms with Crippen molar-refractivity contribution < 1.29 is 4.79 Å². The molecule has 0 unspecified atom stereocenters. The van der Waals surface area contributed by atoms with E-state index in [0.717, 1.165) is 38.4 Å². The summed E-state index contributed by atoms with van der Waals surface area (Å²) in [7, 11) is 0. The van der Waals surface area contributed by atoms with E-state index in [2.05, 4.69) is 47.6 Å². The van der Waals surface area contributed by atoms with Crippen LogP contribution in [0.15, 0.2) is 30.3 Å². The maximum Gasteiger partial charge on any atom is 0.220 e. The van der Waals surface area contributed by atoms with Gasteiger partial charge in [0.1, 0.15) is 0 Å². The van der Waals surface area contributed by atoms with Crippen molar-refractivity contribution in [3.8, 4) is 0 Å². The van der Waals surface area contributed by atoms with E-state index in [4.69, 9.17) is 0 Å². The van der Waals surface area contributed by atoms with Crippen LogP contribution in [-0.2, 0) is 17.9 Å². The smallest absolute Gasteiger partial charge is 0.220 e. The van der Waals surface area contributed by atoms with Gasteiger partial charge in [0.2, 0.25) is 5.91 Å². The summed E-state index contributed by atoms with van der Waals surface area (Å²) in [5.41, 5.74) is 4.90. The molecule has 1 atom stereocenters. The minimum Gasteiger partial charge on any atom is -0.333 e. The van der Waals surface area contributed by atoms with Crippen LogP contribution in [-0.4, -0.2) is 45.1 Å². The van der Waals surface area contributed by atoms with Crippen molar-refractivity contribution in [2.24, 2.45) is 0 Å². The Hall–Kier alpha value is -2.14. The first-order chi connectivity index (χ1) is 12.0. The van der Waals surface area contributed by atoms with E-state index in [1.807, 2.05) is 23.1 Å². The van der Waals surface area contributed by atoms with Gasteiger partial charge in [-0.15, -0.1) is 0 Å². The highest BCUT2D eigenvalue weighted by molar-refractivity contribution is 5.74. The van der Waals surface area contributed by atoms with Gasteiger partial charge in [0.15, 0.2) is 0 Å². The molecule has 25 heavy (non-hydrogen) atoms. The Kier molecular flexibility index (Phi) is 5.23. The summed E-state index contributed by atoms with van der Waals surface area (Å²) < 4.78 is 2.07. The average Bonchev–Trinajstić information content (AvgIpc) is 2.89. The van der Waals surface area contributed by atoms with Gasteiger partial charge < -0.3 is 4.90 Å². The van der Waals surface area contributed by atoms with Crippen molar-refractivity contribution in [1.29, 1.82) is 0 Å². The van der Waals surface area contributed by atoms with Gasteiger partial charge in [-0.05, 0) is 26.3 Å². The molecule has 2 aromatic rings. The zero-order valence-corrected chi connectivity index (χ0v) is 15.7. The van der Waals surface area contributed by atoms with E-state index in [0.29, 0.717) is 0 Å². The molecule has 134 valence electrons. The lowest BCUT2D eigenvalue weighted by atomic mass is 10.0. The number of carbonyl (C=O) groups is 1. The van der Waals surface area contributed by atoms with Crippen molar-refractivity contribution in [2.75, 3.05) is 19.6 Å². The maximum absolute atomic E-state index is 12.1. The molecule has 0 radical (unpaired) electrons. The van der Waals surface area contributed by atoms with Gasteiger partial charge in [0.25, 0.3) is 0 Å². The second kappa shape index (κ2) is 7.40. The van der Waals surface area contributed by atoms with E-state index >= 15 is 0 Å². The zero-order chi connectivity index (χ0) is 18.0. The molecule has 1 aromatic heterocycles. The fraction of sp³-hybridized carbons (Fsp3) is 0.500. The first-order valence-electron chi connectivity index (χ1n) is 9.08. The topological polar surface area (TPSA) is 41.4 Å². The SMILES string of the molecule is CCn1nc(C)c(CN2CCN(C(C)=O)[C@@H](c3ccccc3)C2)c1C. The van der Waals surface area contributed by atoms with Gasteiger partial charge in [-0.1, -0.05) is 30.3 Å². The van der Waals surface area contributed by atoms with Gasteiger partial charge in [0, 0.05) is 50.9 Å². The van der Waals surface area contributed by atoms with Crippen LogP contribution in [0.3, 0.4) is 0 Å². The van der Waals surface area contributed by atoms with Gasteiger partial charge in [0.05, 0.1) is 11.7 Å². The number of hydrogen-bond acceptors (Lipinski definition) is 3. The summed E-state index contributed by atoms with van der Waals surface area (Å²) in [5.74, 6) is 0.152. The lowest BCUT2D eigenvalue weighted by molar-refractivity contribution is -0.134. The molecule has 0 aliphatic carbocycles. The van der Waals surface area contributed by atoms with E-state index in [1.165, 1.54) is 16.8 Å². The van der Waals surface area contributed by atoms with Gasteiger partial charge in [-0.3, -0.25) is 14.4 Å². The summed E-state index contributed by atoms with van der Waals surface area (Å²) in [6, 6.07) is 10.5. The predicted octanol–water partition coefficient (Wildman–Crippen LogP) is 2.93. The van der Waals surface area contributed by atoms with Gasteiger partial charge >= 0.3 is 0 Å². The number of piperazine rings is 1. The fourth-order valence-corrected chi connectivity index (χ4v) is 3.81. The Morgan fingerprint density at radius 3 is 2.52 bits per heavy atom. The van der Waals surface area contributed by atoms with Gasteiger partial charge in [-0.2, -0.15) is 5.10 Å². The summed E-state index contributed by atoms with van der Waals surface area (Å²) in [6.45, 7) is 12.4. The summed E-state index contributed by atoms with van der Waals surface area (Å²) >= 11 is 0. The average molecular weight is 340 g/mol. The van der Waals surface area contributed by atoms with Crippen LogP contribution >= 0.6 is 0 Å². The Morgan fingerprint density at radius 1 is 1.20 bits per heavy atom. The molecule has 3 rings (SSSR count). The molecule has 0 saturated carbocycles. The quantitative estimate of drug-likeness (QED) is 0.859. The molecule has 5 heteroatoms. The Balaban J connectivity index is 1.81. The molecule has 1 aliphatic heterocycles. The van der Waals surface area contributed by atoms with E-state index < -0.39 is 0 Å². The third-order valence-electron chi connectivity index (χ3n) is 5.27. The molecule has 1 aliphatic rings. The summed E-state index contributed by atoms with van der Waals surface area (Å²) in [4.78, 5) is 16.5. The highest BCUT2D eigenvalue weighted by Crippen LogP contribution is 2.27. The molecule has 1 aromatic carbocycles.